The molecule has 0 spiro atoms. The van der Waals surface area contributed by atoms with E-state index in [4.69, 9.17) is 5.26 Å². The van der Waals surface area contributed by atoms with E-state index in [0.717, 1.165) is 11.4 Å². The molecule has 3 aromatic rings. The summed E-state index contributed by atoms with van der Waals surface area (Å²) in [6.45, 7) is 2.57. The first-order valence-electron chi connectivity index (χ1n) is 8.41. The van der Waals surface area contributed by atoms with Crippen molar-refractivity contribution in [3.05, 3.63) is 71.5 Å². The van der Waals surface area contributed by atoms with E-state index < -0.39 is 0 Å². The number of rotatable bonds is 6. The van der Waals surface area contributed by atoms with E-state index >= 15 is 0 Å². The first-order chi connectivity index (χ1) is 13.1. The van der Waals surface area contributed by atoms with Crippen LogP contribution in [-0.4, -0.2) is 33.5 Å². The molecule has 0 unspecified atom stereocenters. The van der Waals surface area contributed by atoms with E-state index in [-0.39, 0.29) is 11.7 Å². The minimum Gasteiger partial charge on any atom is -0.315 e. The van der Waals surface area contributed by atoms with Crippen molar-refractivity contribution in [1.82, 2.24) is 14.8 Å². The molecule has 27 heavy (non-hydrogen) atoms. The molecule has 1 heterocycles. The quantitative estimate of drug-likeness (QED) is 0.617. The summed E-state index contributed by atoms with van der Waals surface area (Å²) in [5, 5.41) is 18.1. The molecular weight excluding hydrogens is 358 g/mol. The van der Waals surface area contributed by atoms with Crippen LogP contribution in [0.4, 0.5) is 5.69 Å². The van der Waals surface area contributed by atoms with Gasteiger partial charge in [0.05, 0.1) is 23.9 Å². The summed E-state index contributed by atoms with van der Waals surface area (Å²) in [5.41, 5.74) is 2.37. The van der Waals surface area contributed by atoms with Crippen LogP contribution in [0.3, 0.4) is 0 Å². The van der Waals surface area contributed by atoms with E-state index in [1.54, 1.807) is 30.1 Å². The van der Waals surface area contributed by atoms with Gasteiger partial charge < -0.3 is 9.47 Å². The lowest BCUT2D eigenvalue weighted by atomic mass is 10.2. The maximum absolute atomic E-state index is 12.6. The van der Waals surface area contributed by atoms with Crippen LogP contribution in [0.15, 0.2) is 59.8 Å². The number of benzene rings is 2. The molecule has 0 saturated carbocycles. The van der Waals surface area contributed by atoms with Crippen LogP contribution in [0.5, 0.6) is 0 Å². The van der Waals surface area contributed by atoms with E-state index in [1.807, 2.05) is 35.8 Å². The highest BCUT2D eigenvalue weighted by atomic mass is 32.2. The fraction of sp³-hybridized carbons (Fsp3) is 0.200. The van der Waals surface area contributed by atoms with Crippen LogP contribution < -0.4 is 4.90 Å². The Kier molecular flexibility index (Phi) is 5.89. The third kappa shape index (κ3) is 4.54. The monoisotopic (exact) mass is 377 g/mol. The van der Waals surface area contributed by atoms with Crippen LogP contribution in [0.1, 0.15) is 17.0 Å². The van der Waals surface area contributed by atoms with Gasteiger partial charge in [-0.3, -0.25) is 4.79 Å². The maximum atomic E-state index is 12.6. The predicted octanol–water partition coefficient (Wildman–Crippen LogP) is 3.26. The molecular formula is C20H19N5OS. The van der Waals surface area contributed by atoms with Gasteiger partial charge in [-0.15, -0.1) is 10.2 Å². The van der Waals surface area contributed by atoms with Crippen molar-refractivity contribution >= 4 is 23.4 Å². The summed E-state index contributed by atoms with van der Waals surface area (Å²) in [6, 6.07) is 19.2. The third-order valence-electron chi connectivity index (χ3n) is 4.15. The number of nitrogens with zero attached hydrogens (tertiary/aromatic N) is 5. The van der Waals surface area contributed by atoms with E-state index in [1.165, 1.54) is 11.8 Å². The largest absolute Gasteiger partial charge is 0.315 e. The molecule has 0 atom stereocenters. The zero-order valence-corrected chi connectivity index (χ0v) is 16.0. The second kappa shape index (κ2) is 8.52. The second-order valence-corrected chi connectivity index (χ2v) is 6.95. The molecule has 6 nitrogen and oxygen atoms in total. The zero-order chi connectivity index (χ0) is 19.2. The number of anilines is 1. The van der Waals surface area contributed by atoms with Gasteiger partial charge in [0.2, 0.25) is 5.91 Å². The fourth-order valence-electron chi connectivity index (χ4n) is 2.57. The highest BCUT2D eigenvalue weighted by Gasteiger charge is 2.16. The molecule has 0 aliphatic heterocycles. The lowest BCUT2D eigenvalue weighted by Gasteiger charge is -2.17. The van der Waals surface area contributed by atoms with Crippen LogP contribution in [0.25, 0.3) is 0 Å². The Balaban J connectivity index is 1.68. The molecule has 136 valence electrons. The van der Waals surface area contributed by atoms with Gasteiger partial charge in [-0.25, -0.2) is 0 Å². The van der Waals surface area contributed by atoms with Crippen molar-refractivity contribution < 1.29 is 4.79 Å². The average molecular weight is 377 g/mol. The molecule has 3 rings (SSSR count). The van der Waals surface area contributed by atoms with Crippen molar-refractivity contribution in [3.8, 4) is 6.07 Å². The van der Waals surface area contributed by atoms with Gasteiger partial charge >= 0.3 is 0 Å². The average Bonchev–Trinajstić information content (AvgIpc) is 3.06. The SMILES string of the molecule is Cc1nnc(SCC(=O)N(C)c2cccc(C#N)c2)n1Cc1ccccc1. The van der Waals surface area contributed by atoms with E-state index in [2.05, 4.69) is 28.4 Å². The Morgan fingerprint density at radius 2 is 1.96 bits per heavy atom. The maximum Gasteiger partial charge on any atom is 0.237 e. The number of aromatic nitrogens is 3. The molecule has 1 amide bonds. The molecule has 7 heteroatoms. The van der Waals surface area contributed by atoms with Crippen molar-refractivity contribution in [2.24, 2.45) is 0 Å². The van der Waals surface area contributed by atoms with Gasteiger partial charge in [-0.1, -0.05) is 48.2 Å². The molecule has 0 radical (unpaired) electrons. The van der Waals surface area contributed by atoms with E-state index in [9.17, 15) is 4.79 Å². The molecule has 0 saturated heterocycles. The molecule has 2 aromatic carbocycles. The number of hydrogen-bond acceptors (Lipinski definition) is 5. The molecule has 0 aliphatic carbocycles. The van der Waals surface area contributed by atoms with Crippen molar-refractivity contribution in [2.45, 2.75) is 18.6 Å². The Labute approximate surface area is 162 Å². The Bertz CT molecular complexity index is 978. The standard InChI is InChI=1S/C20H19N5OS/c1-15-22-23-20(25(15)13-16-7-4-3-5-8-16)27-14-19(26)24(2)18-10-6-9-17(11-18)12-21/h3-11H,13-14H2,1-2H3. The lowest BCUT2D eigenvalue weighted by Crippen LogP contribution is -2.28. The lowest BCUT2D eigenvalue weighted by molar-refractivity contribution is -0.115. The Morgan fingerprint density at radius 3 is 2.70 bits per heavy atom. The van der Waals surface area contributed by atoms with Crippen LogP contribution >= 0.6 is 11.8 Å². The van der Waals surface area contributed by atoms with Crippen LogP contribution in [-0.2, 0) is 11.3 Å². The summed E-state index contributed by atoms with van der Waals surface area (Å²) in [4.78, 5) is 14.1. The van der Waals surface area contributed by atoms with Crippen molar-refractivity contribution in [1.29, 1.82) is 5.26 Å². The zero-order valence-electron chi connectivity index (χ0n) is 15.2. The minimum absolute atomic E-state index is 0.0676. The highest BCUT2D eigenvalue weighted by Crippen LogP contribution is 2.21. The summed E-state index contributed by atoms with van der Waals surface area (Å²) in [5.74, 6) is 0.978. The predicted molar refractivity (Wildman–Crippen MR) is 106 cm³/mol. The Hall–Kier alpha value is -3.11. The van der Waals surface area contributed by atoms with E-state index in [0.29, 0.717) is 23.0 Å². The molecule has 1 aromatic heterocycles. The van der Waals surface area contributed by atoms with Gasteiger partial charge in [-0.05, 0) is 30.7 Å². The smallest absolute Gasteiger partial charge is 0.237 e. The number of carbonyl (C=O) groups is 1. The number of hydrogen-bond donors (Lipinski definition) is 0. The fourth-order valence-corrected chi connectivity index (χ4v) is 3.46. The molecule has 0 N–H and O–H groups in total. The van der Waals surface area contributed by atoms with Gasteiger partial charge in [-0.2, -0.15) is 5.26 Å². The Morgan fingerprint density at radius 1 is 1.19 bits per heavy atom. The molecule has 0 bridgehead atoms. The van der Waals surface area contributed by atoms with Crippen LogP contribution in [0, 0.1) is 18.3 Å². The van der Waals surface area contributed by atoms with Gasteiger partial charge in [0.25, 0.3) is 0 Å². The number of amides is 1. The number of aryl methyl sites for hydroxylation is 1. The second-order valence-electron chi connectivity index (χ2n) is 6.01. The molecule has 0 fully saturated rings. The van der Waals surface area contributed by atoms with Gasteiger partial charge in [0.15, 0.2) is 5.16 Å². The van der Waals surface area contributed by atoms with Gasteiger partial charge in [0, 0.05) is 12.7 Å². The number of carbonyl (C=O) groups excluding carboxylic acids is 1. The number of nitriles is 1. The molecule has 0 aliphatic rings. The first kappa shape index (κ1) is 18.7. The summed E-state index contributed by atoms with van der Waals surface area (Å²) in [6.07, 6.45) is 0. The van der Waals surface area contributed by atoms with Crippen molar-refractivity contribution in [2.75, 3.05) is 17.7 Å². The van der Waals surface area contributed by atoms with Gasteiger partial charge in [0.1, 0.15) is 5.82 Å². The minimum atomic E-state index is -0.0676. The van der Waals surface area contributed by atoms with Crippen LogP contribution in [0.2, 0.25) is 0 Å². The summed E-state index contributed by atoms with van der Waals surface area (Å²) < 4.78 is 2.00. The third-order valence-corrected chi connectivity index (χ3v) is 5.10. The summed E-state index contributed by atoms with van der Waals surface area (Å²) >= 11 is 1.36. The normalized spacial score (nSPS) is 10.4. The van der Waals surface area contributed by atoms with Crippen molar-refractivity contribution in [3.63, 3.8) is 0 Å². The number of thioether (sulfide) groups is 1. The summed E-state index contributed by atoms with van der Waals surface area (Å²) in [7, 11) is 1.71. The topological polar surface area (TPSA) is 74.8 Å². The first-order valence-corrected chi connectivity index (χ1v) is 9.40. The highest BCUT2D eigenvalue weighted by molar-refractivity contribution is 7.99.